The fourth-order valence-corrected chi connectivity index (χ4v) is 3.49. The average molecular weight is 370 g/mol. The lowest BCUT2D eigenvalue weighted by atomic mass is 9.88. The summed E-state index contributed by atoms with van der Waals surface area (Å²) >= 11 is 0. The largest absolute Gasteiger partial charge is 0.508 e. The van der Waals surface area contributed by atoms with Gasteiger partial charge >= 0.3 is 0 Å². The van der Waals surface area contributed by atoms with Gasteiger partial charge in [-0.25, -0.2) is 9.97 Å². The van der Waals surface area contributed by atoms with Crippen LogP contribution < -0.4 is 0 Å². The molecule has 1 aliphatic heterocycles. The Hall–Kier alpha value is -3.31. The molecule has 0 radical (unpaired) electrons. The number of phenols is 1. The molecule has 0 saturated carbocycles. The van der Waals surface area contributed by atoms with Gasteiger partial charge in [-0.3, -0.25) is 4.99 Å². The number of aliphatic imine (C=N–C) groups is 1. The van der Waals surface area contributed by atoms with Crippen molar-refractivity contribution in [3.05, 3.63) is 95.6 Å². The number of hydrogen-bond acceptors (Lipinski definition) is 5. The first kappa shape index (κ1) is 18.1. The summed E-state index contributed by atoms with van der Waals surface area (Å²) in [5, 5.41) is 10.0. The summed E-state index contributed by atoms with van der Waals surface area (Å²) in [5.74, 6) is 0.772. The van der Waals surface area contributed by atoms with Gasteiger partial charge in [0.25, 0.3) is 0 Å². The molecule has 0 saturated heterocycles. The van der Waals surface area contributed by atoms with Gasteiger partial charge in [0.2, 0.25) is 0 Å². The van der Waals surface area contributed by atoms with E-state index in [1.807, 2.05) is 18.3 Å². The molecule has 1 aliphatic rings. The Morgan fingerprint density at radius 3 is 2.50 bits per heavy atom. The van der Waals surface area contributed by atoms with Crippen LogP contribution in [0.25, 0.3) is 5.57 Å². The maximum Gasteiger partial charge on any atom is 0.164 e. The Morgan fingerprint density at radius 2 is 1.75 bits per heavy atom. The summed E-state index contributed by atoms with van der Waals surface area (Å²) < 4.78 is 0. The Labute approximate surface area is 164 Å². The first-order chi connectivity index (χ1) is 13.6. The molecule has 0 bridgehead atoms. The number of hydrogen-bond donors (Lipinski definition) is 1. The Morgan fingerprint density at radius 1 is 0.964 bits per heavy atom. The summed E-state index contributed by atoms with van der Waals surface area (Å²) in [4.78, 5) is 15.9. The van der Waals surface area contributed by atoms with Gasteiger partial charge in [0.05, 0.1) is 0 Å². The molecule has 1 atom stereocenters. The van der Waals surface area contributed by atoms with Crippen LogP contribution in [0.4, 0.5) is 0 Å². The van der Waals surface area contributed by atoms with Crippen LogP contribution in [0, 0.1) is 0 Å². The zero-order valence-electron chi connectivity index (χ0n) is 15.9. The molecule has 0 amide bonds. The van der Waals surface area contributed by atoms with Crippen molar-refractivity contribution in [1.29, 1.82) is 0 Å². The van der Waals surface area contributed by atoms with E-state index in [4.69, 9.17) is 4.99 Å². The third-order valence-corrected chi connectivity index (χ3v) is 4.72. The summed E-state index contributed by atoms with van der Waals surface area (Å²) in [7, 11) is 4.12. The van der Waals surface area contributed by atoms with E-state index in [-0.39, 0.29) is 5.75 Å². The van der Waals surface area contributed by atoms with Crippen molar-refractivity contribution in [2.24, 2.45) is 4.99 Å². The number of rotatable bonds is 5. The van der Waals surface area contributed by atoms with Crippen molar-refractivity contribution in [2.75, 3.05) is 14.1 Å². The predicted octanol–water partition coefficient (Wildman–Crippen LogP) is 3.66. The predicted molar refractivity (Wildman–Crippen MR) is 111 cm³/mol. The molecule has 3 aromatic rings. The topological polar surface area (TPSA) is 61.6 Å². The van der Waals surface area contributed by atoms with Gasteiger partial charge in [-0.2, -0.15) is 0 Å². The van der Waals surface area contributed by atoms with Crippen LogP contribution >= 0.6 is 0 Å². The lowest BCUT2D eigenvalue weighted by Crippen LogP contribution is -2.24. The standard InChI is InChI=1S/C23H22N4O/c1-27(2)16-17-6-3-7-18(12-17)19-14-23(26-15-19,22-24-10-5-11-25-22)20-8-4-9-21(28)13-20/h3-15,28H,16H2,1-2H3. The third kappa shape index (κ3) is 3.44. The second-order valence-electron chi connectivity index (χ2n) is 7.19. The molecule has 0 spiro atoms. The summed E-state index contributed by atoms with van der Waals surface area (Å²) in [6, 6.07) is 17.4. The number of phenolic OH excluding ortho intramolecular Hbond substituents is 1. The van der Waals surface area contributed by atoms with Crippen LogP contribution in [-0.4, -0.2) is 40.3 Å². The maximum absolute atomic E-state index is 10.0. The van der Waals surface area contributed by atoms with Gasteiger partial charge in [-0.1, -0.05) is 30.3 Å². The highest BCUT2D eigenvalue weighted by Gasteiger charge is 2.38. The van der Waals surface area contributed by atoms with Crippen molar-refractivity contribution in [2.45, 2.75) is 12.1 Å². The van der Waals surface area contributed by atoms with E-state index in [0.717, 1.165) is 23.2 Å². The minimum absolute atomic E-state index is 0.192. The van der Waals surface area contributed by atoms with Crippen LogP contribution in [0.1, 0.15) is 22.5 Å². The molecule has 1 unspecified atom stereocenters. The highest BCUT2D eigenvalue weighted by Crippen LogP contribution is 2.40. The van der Waals surface area contributed by atoms with E-state index < -0.39 is 5.54 Å². The summed E-state index contributed by atoms with van der Waals surface area (Å²) in [6.07, 6.45) is 7.37. The molecule has 28 heavy (non-hydrogen) atoms. The van der Waals surface area contributed by atoms with E-state index in [0.29, 0.717) is 5.82 Å². The van der Waals surface area contributed by atoms with Gasteiger partial charge in [0.1, 0.15) is 5.75 Å². The van der Waals surface area contributed by atoms with E-state index in [1.165, 1.54) is 5.56 Å². The molecule has 5 heteroatoms. The zero-order valence-corrected chi connectivity index (χ0v) is 15.9. The molecule has 0 aliphatic carbocycles. The van der Waals surface area contributed by atoms with Crippen molar-refractivity contribution >= 4 is 11.8 Å². The first-order valence-electron chi connectivity index (χ1n) is 9.16. The summed E-state index contributed by atoms with van der Waals surface area (Å²) in [6.45, 7) is 0.873. The first-order valence-corrected chi connectivity index (χ1v) is 9.16. The molecule has 5 nitrogen and oxygen atoms in total. The normalized spacial score (nSPS) is 18.5. The molecular formula is C23H22N4O. The molecule has 0 fully saturated rings. The summed E-state index contributed by atoms with van der Waals surface area (Å²) in [5.41, 5.74) is 3.32. The van der Waals surface area contributed by atoms with Gasteiger partial charge < -0.3 is 10.0 Å². The van der Waals surface area contributed by atoms with Crippen LogP contribution in [0.2, 0.25) is 0 Å². The fourth-order valence-electron chi connectivity index (χ4n) is 3.49. The van der Waals surface area contributed by atoms with Crippen LogP contribution in [-0.2, 0) is 12.1 Å². The van der Waals surface area contributed by atoms with E-state index in [2.05, 4.69) is 59.3 Å². The number of nitrogens with zero attached hydrogens (tertiary/aromatic N) is 4. The molecule has 4 rings (SSSR count). The fraction of sp³-hybridized carbons (Fsp3) is 0.174. The molecule has 2 aromatic carbocycles. The van der Waals surface area contributed by atoms with Gasteiger partial charge in [-0.05, 0) is 66.7 Å². The van der Waals surface area contributed by atoms with E-state index >= 15 is 0 Å². The molecule has 1 aromatic heterocycles. The number of aromatic nitrogens is 2. The minimum atomic E-state index is -0.854. The van der Waals surface area contributed by atoms with E-state index in [1.54, 1.807) is 30.6 Å². The third-order valence-electron chi connectivity index (χ3n) is 4.72. The molecule has 140 valence electrons. The highest BCUT2D eigenvalue weighted by molar-refractivity contribution is 6.12. The van der Waals surface area contributed by atoms with Crippen LogP contribution in [0.15, 0.2) is 78.1 Å². The van der Waals surface area contributed by atoms with Crippen molar-refractivity contribution in [3.8, 4) is 5.75 Å². The average Bonchev–Trinajstić information content (AvgIpc) is 3.15. The van der Waals surface area contributed by atoms with Crippen LogP contribution in [0.5, 0.6) is 5.75 Å². The molecule has 2 heterocycles. The quantitative estimate of drug-likeness (QED) is 0.745. The van der Waals surface area contributed by atoms with Crippen molar-refractivity contribution in [1.82, 2.24) is 14.9 Å². The molecule has 1 N–H and O–H groups in total. The smallest absolute Gasteiger partial charge is 0.164 e. The Bertz CT molecular complexity index is 1040. The minimum Gasteiger partial charge on any atom is -0.508 e. The zero-order chi connectivity index (χ0) is 19.6. The number of aromatic hydroxyl groups is 1. The van der Waals surface area contributed by atoms with E-state index in [9.17, 15) is 5.11 Å². The van der Waals surface area contributed by atoms with Crippen LogP contribution in [0.3, 0.4) is 0 Å². The molecular weight excluding hydrogens is 348 g/mol. The highest BCUT2D eigenvalue weighted by atomic mass is 16.3. The second kappa shape index (κ2) is 7.37. The maximum atomic E-state index is 10.0. The van der Waals surface area contributed by atoms with Gasteiger partial charge in [-0.15, -0.1) is 0 Å². The lowest BCUT2D eigenvalue weighted by molar-refractivity contribution is 0.402. The van der Waals surface area contributed by atoms with Gasteiger partial charge in [0.15, 0.2) is 11.4 Å². The Balaban J connectivity index is 1.82. The van der Waals surface area contributed by atoms with Gasteiger partial charge in [0, 0.05) is 25.2 Å². The van der Waals surface area contributed by atoms with Crippen molar-refractivity contribution in [3.63, 3.8) is 0 Å². The number of benzene rings is 2. The van der Waals surface area contributed by atoms with Crippen molar-refractivity contribution < 1.29 is 5.11 Å². The lowest BCUT2D eigenvalue weighted by Gasteiger charge is -2.23. The monoisotopic (exact) mass is 370 g/mol. The number of allylic oxidation sites excluding steroid dienone is 1. The SMILES string of the molecule is CN(C)Cc1cccc(C2=CC(c3cccc(O)c3)(c3ncccn3)N=C2)c1. The Kier molecular flexibility index (Phi) is 4.75. The second-order valence-corrected chi connectivity index (χ2v) is 7.19.